The van der Waals surface area contributed by atoms with Crippen LogP contribution in [0.4, 0.5) is 0 Å². The van der Waals surface area contributed by atoms with Crippen LogP contribution in [0.1, 0.15) is 17.5 Å². The smallest absolute Gasteiger partial charge is 0.264 e. The molecule has 8 heteroatoms. The number of aromatic amines is 1. The van der Waals surface area contributed by atoms with Gasteiger partial charge in [-0.25, -0.2) is 4.98 Å². The van der Waals surface area contributed by atoms with Crippen molar-refractivity contribution in [2.45, 2.75) is 19.9 Å². The minimum Gasteiger partial charge on any atom is -0.494 e. The molecule has 0 atom stereocenters. The molecule has 2 N–H and O–H groups in total. The average molecular weight is 369 g/mol. The van der Waals surface area contributed by atoms with E-state index in [1.807, 2.05) is 42.0 Å². The summed E-state index contributed by atoms with van der Waals surface area (Å²) in [6.45, 7) is 3.28. The number of rotatable bonds is 6. The Hall–Kier alpha value is -3.00. The van der Waals surface area contributed by atoms with Gasteiger partial charge in [-0.3, -0.25) is 19.3 Å². The number of nitrogens with zero attached hydrogens (tertiary/aromatic N) is 4. The van der Waals surface area contributed by atoms with Crippen molar-refractivity contribution >= 4 is 18.4 Å². The maximum Gasteiger partial charge on any atom is 0.264 e. The van der Waals surface area contributed by atoms with Gasteiger partial charge >= 0.3 is 0 Å². The van der Waals surface area contributed by atoms with Crippen LogP contribution in [0.3, 0.4) is 0 Å². The fraction of sp³-hybridized carbons (Fsp3) is 0.222. The highest BCUT2D eigenvalue weighted by Gasteiger charge is 2.12. The van der Waals surface area contributed by atoms with Gasteiger partial charge in [-0.05, 0) is 37.7 Å². The van der Waals surface area contributed by atoms with Gasteiger partial charge in [-0.15, -0.1) is 0 Å². The summed E-state index contributed by atoms with van der Waals surface area (Å²) < 4.78 is 3.51. The molecule has 0 aliphatic rings. The van der Waals surface area contributed by atoms with E-state index in [-0.39, 0.29) is 16.2 Å². The Bertz CT molecular complexity index is 1020. The van der Waals surface area contributed by atoms with Crippen LogP contribution in [-0.2, 0) is 6.54 Å². The van der Waals surface area contributed by atoms with Crippen LogP contribution < -0.4 is 5.56 Å². The Morgan fingerprint density at radius 1 is 1.35 bits per heavy atom. The van der Waals surface area contributed by atoms with Crippen LogP contribution in [-0.4, -0.2) is 37.0 Å². The molecular formula is C18H19N5O2S. The van der Waals surface area contributed by atoms with Gasteiger partial charge in [0.05, 0.1) is 12.0 Å². The minimum absolute atomic E-state index is 0.0850. The van der Waals surface area contributed by atoms with Gasteiger partial charge in [0.25, 0.3) is 5.56 Å². The Morgan fingerprint density at radius 3 is 2.81 bits per heavy atom. The summed E-state index contributed by atoms with van der Waals surface area (Å²) in [5, 5.41) is 10.6. The third kappa shape index (κ3) is 3.97. The van der Waals surface area contributed by atoms with E-state index >= 15 is 0 Å². The summed E-state index contributed by atoms with van der Waals surface area (Å²) in [5.41, 5.74) is 1.38. The van der Waals surface area contributed by atoms with Crippen LogP contribution in [0.5, 0.6) is 5.88 Å². The Balaban J connectivity index is 1.81. The first-order valence-electron chi connectivity index (χ1n) is 8.17. The number of aromatic nitrogens is 4. The van der Waals surface area contributed by atoms with Gasteiger partial charge < -0.3 is 9.67 Å². The van der Waals surface area contributed by atoms with Crippen molar-refractivity contribution in [2.75, 3.05) is 6.54 Å². The number of aromatic hydroxyl groups is 1. The zero-order valence-electron chi connectivity index (χ0n) is 14.3. The van der Waals surface area contributed by atoms with Gasteiger partial charge in [-0.1, -0.05) is 17.7 Å². The van der Waals surface area contributed by atoms with E-state index in [1.165, 1.54) is 10.8 Å². The normalized spacial score (nSPS) is 11.3. The fourth-order valence-corrected chi connectivity index (χ4v) is 2.79. The number of nitrogens with one attached hydrogen (secondary N) is 1. The van der Waals surface area contributed by atoms with E-state index in [1.54, 1.807) is 12.5 Å². The molecule has 3 rings (SSSR count). The van der Waals surface area contributed by atoms with E-state index in [9.17, 15) is 9.90 Å². The average Bonchev–Trinajstić information content (AvgIpc) is 3.12. The third-order valence-corrected chi connectivity index (χ3v) is 4.18. The molecule has 2 heterocycles. The first kappa shape index (κ1) is 17.8. The van der Waals surface area contributed by atoms with E-state index in [0.29, 0.717) is 12.2 Å². The number of H-pyrrole nitrogens is 1. The number of aliphatic imine (C=N–C) groups is 1. The standard InChI is InChI=1S/C18H19N5O2S/c1-13-3-5-14(6-4-13)23-17(25)15(16(24)21-18(23)26)11-19-7-2-9-22-10-8-20-12-22/h3-6,8,10-12,25H,2,7,9H2,1H3,(H,21,24,26). The summed E-state index contributed by atoms with van der Waals surface area (Å²) in [5.74, 6) is -0.221. The number of benzene rings is 1. The second kappa shape index (κ2) is 7.92. The lowest BCUT2D eigenvalue weighted by molar-refractivity contribution is 0.432. The van der Waals surface area contributed by atoms with Crippen molar-refractivity contribution in [3.05, 3.63) is 69.2 Å². The van der Waals surface area contributed by atoms with E-state index in [4.69, 9.17) is 12.2 Å². The van der Waals surface area contributed by atoms with E-state index < -0.39 is 5.56 Å². The van der Waals surface area contributed by atoms with Crippen LogP contribution in [0.25, 0.3) is 5.69 Å². The fourth-order valence-electron chi connectivity index (χ4n) is 2.51. The molecule has 26 heavy (non-hydrogen) atoms. The monoisotopic (exact) mass is 369 g/mol. The van der Waals surface area contributed by atoms with Crippen LogP contribution in [0, 0.1) is 11.7 Å². The first-order chi connectivity index (χ1) is 12.6. The van der Waals surface area contributed by atoms with Crippen molar-refractivity contribution in [1.29, 1.82) is 0 Å². The topological polar surface area (TPSA) is 88.2 Å². The summed E-state index contributed by atoms with van der Waals surface area (Å²) in [7, 11) is 0. The Morgan fingerprint density at radius 2 is 2.12 bits per heavy atom. The molecule has 2 aromatic heterocycles. The molecule has 0 saturated carbocycles. The number of hydrogen-bond acceptors (Lipinski definition) is 5. The highest BCUT2D eigenvalue weighted by molar-refractivity contribution is 7.71. The molecule has 134 valence electrons. The number of aryl methyl sites for hydroxylation is 2. The third-order valence-electron chi connectivity index (χ3n) is 3.90. The van der Waals surface area contributed by atoms with Crippen LogP contribution in [0.15, 0.2) is 52.8 Å². The molecule has 0 unspecified atom stereocenters. The quantitative estimate of drug-likeness (QED) is 0.397. The lowest BCUT2D eigenvalue weighted by Crippen LogP contribution is -2.18. The maximum atomic E-state index is 12.1. The molecule has 0 spiro atoms. The zero-order valence-corrected chi connectivity index (χ0v) is 15.1. The molecule has 3 aromatic rings. The summed E-state index contributed by atoms with van der Waals surface area (Å²) in [6.07, 6.45) is 7.53. The maximum absolute atomic E-state index is 12.1. The van der Waals surface area contributed by atoms with Gasteiger partial charge in [0.15, 0.2) is 4.77 Å². The molecule has 0 fully saturated rings. The van der Waals surface area contributed by atoms with Gasteiger partial charge in [0.1, 0.15) is 5.56 Å². The number of hydrogen-bond donors (Lipinski definition) is 2. The van der Waals surface area contributed by atoms with Crippen molar-refractivity contribution in [2.24, 2.45) is 4.99 Å². The second-order valence-electron chi connectivity index (χ2n) is 5.86. The van der Waals surface area contributed by atoms with Crippen LogP contribution >= 0.6 is 12.2 Å². The largest absolute Gasteiger partial charge is 0.494 e. The zero-order chi connectivity index (χ0) is 18.5. The molecule has 0 aliphatic carbocycles. The molecule has 0 saturated heterocycles. The van der Waals surface area contributed by atoms with Gasteiger partial charge in [0, 0.05) is 31.7 Å². The second-order valence-corrected chi connectivity index (χ2v) is 6.24. The predicted molar refractivity (Wildman–Crippen MR) is 103 cm³/mol. The molecule has 0 aliphatic heterocycles. The molecule has 7 nitrogen and oxygen atoms in total. The van der Waals surface area contributed by atoms with Crippen molar-refractivity contribution in [3.63, 3.8) is 0 Å². The molecule has 1 aromatic carbocycles. The molecule has 0 amide bonds. The SMILES string of the molecule is Cc1ccc(-n2c(O)c(C=NCCCn3ccnc3)c(=O)[nH]c2=S)cc1. The van der Waals surface area contributed by atoms with Gasteiger partial charge in [-0.2, -0.15) is 0 Å². The van der Waals surface area contributed by atoms with Crippen LogP contribution in [0.2, 0.25) is 0 Å². The number of imidazole rings is 1. The van der Waals surface area contributed by atoms with Gasteiger partial charge in [0.2, 0.25) is 5.88 Å². The predicted octanol–water partition coefficient (Wildman–Crippen LogP) is 2.61. The molecular weight excluding hydrogens is 350 g/mol. The summed E-state index contributed by atoms with van der Waals surface area (Å²) in [4.78, 5) is 23.0. The van der Waals surface area contributed by atoms with Crippen molar-refractivity contribution in [3.8, 4) is 11.6 Å². The lowest BCUT2D eigenvalue weighted by atomic mass is 10.2. The van der Waals surface area contributed by atoms with Crippen molar-refractivity contribution in [1.82, 2.24) is 19.1 Å². The van der Waals surface area contributed by atoms with E-state index in [0.717, 1.165) is 18.5 Å². The minimum atomic E-state index is -0.464. The summed E-state index contributed by atoms with van der Waals surface area (Å²) >= 11 is 5.20. The van der Waals surface area contributed by atoms with E-state index in [2.05, 4.69) is 15.0 Å². The Labute approximate surface area is 155 Å². The highest BCUT2D eigenvalue weighted by atomic mass is 32.1. The lowest BCUT2D eigenvalue weighted by Gasteiger charge is -2.11. The van der Waals surface area contributed by atoms with Crippen molar-refractivity contribution < 1.29 is 5.11 Å². The highest BCUT2D eigenvalue weighted by Crippen LogP contribution is 2.19. The molecule has 0 radical (unpaired) electrons. The Kier molecular flexibility index (Phi) is 5.43. The first-order valence-corrected chi connectivity index (χ1v) is 8.58. The molecule has 0 bridgehead atoms. The summed E-state index contributed by atoms with van der Waals surface area (Å²) in [6, 6.07) is 7.47.